The third-order valence-electron chi connectivity index (χ3n) is 2.51. The summed E-state index contributed by atoms with van der Waals surface area (Å²) in [7, 11) is 0. The largest absolute Gasteiger partial charge is 0.399 e. The van der Waals surface area contributed by atoms with E-state index in [1.165, 1.54) is 0 Å². The summed E-state index contributed by atoms with van der Waals surface area (Å²) < 4.78 is 0. The van der Waals surface area contributed by atoms with Gasteiger partial charge in [0.1, 0.15) is 0 Å². The summed E-state index contributed by atoms with van der Waals surface area (Å²) >= 11 is 0. The SMILES string of the molecule is C#CCCNC(=O)c1c[nH]c2ccc(N)cc12. The molecule has 0 fully saturated rings. The van der Waals surface area contributed by atoms with Gasteiger partial charge in [-0.1, -0.05) is 0 Å². The number of amides is 1. The predicted molar refractivity (Wildman–Crippen MR) is 68.5 cm³/mol. The van der Waals surface area contributed by atoms with Crippen LogP contribution in [0.3, 0.4) is 0 Å². The third-order valence-corrected chi connectivity index (χ3v) is 2.51. The lowest BCUT2D eigenvalue weighted by atomic mass is 10.1. The van der Waals surface area contributed by atoms with Gasteiger partial charge in [-0.15, -0.1) is 12.3 Å². The normalized spacial score (nSPS) is 10.1. The highest BCUT2D eigenvalue weighted by Crippen LogP contribution is 2.20. The molecule has 1 heterocycles. The molecule has 0 saturated heterocycles. The van der Waals surface area contributed by atoms with Crippen molar-refractivity contribution in [1.29, 1.82) is 0 Å². The quantitative estimate of drug-likeness (QED) is 0.422. The molecule has 0 spiro atoms. The summed E-state index contributed by atoms with van der Waals surface area (Å²) in [6.07, 6.45) is 7.32. The lowest BCUT2D eigenvalue weighted by Crippen LogP contribution is -2.23. The molecule has 0 atom stereocenters. The van der Waals surface area contributed by atoms with Gasteiger partial charge < -0.3 is 16.0 Å². The van der Waals surface area contributed by atoms with Gasteiger partial charge in [-0.3, -0.25) is 4.79 Å². The molecule has 4 heteroatoms. The second-order valence-electron chi connectivity index (χ2n) is 3.72. The number of terminal acetylenes is 1. The summed E-state index contributed by atoms with van der Waals surface area (Å²) in [6.45, 7) is 0.477. The molecular weight excluding hydrogens is 214 g/mol. The molecule has 0 bridgehead atoms. The number of carbonyl (C=O) groups excluding carboxylic acids is 1. The van der Waals surface area contributed by atoms with Crippen LogP contribution in [0.4, 0.5) is 5.69 Å². The van der Waals surface area contributed by atoms with Crippen molar-refractivity contribution in [1.82, 2.24) is 10.3 Å². The first-order valence-corrected chi connectivity index (χ1v) is 5.30. The maximum Gasteiger partial charge on any atom is 0.253 e. The zero-order valence-electron chi connectivity index (χ0n) is 9.29. The maximum absolute atomic E-state index is 11.9. The number of aromatic nitrogens is 1. The van der Waals surface area contributed by atoms with Crippen molar-refractivity contribution in [3.05, 3.63) is 30.0 Å². The number of nitrogens with two attached hydrogens (primary N) is 1. The van der Waals surface area contributed by atoms with Crippen LogP contribution in [0, 0.1) is 12.3 Å². The van der Waals surface area contributed by atoms with Crippen LogP contribution in [-0.2, 0) is 0 Å². The van der Waals surface area contributed by atoms with Crippen LogP contribution >= 0.6 is 0 Å². The molecule has 2 rings (SSSR count). The highest BCUT2D eigenvalue weighted by Gasteiger charge is 2.11. The van der Waals surface area contributed by atoms with Crippen LogP contribution in [0.1, 0.15) is 16.8 Å². The van der Waals surface area contributed by atoms with E-state index >= 15 is 0 Å². The van der Waals surface area contributed by atoms with Crippen LogP contribution in [0.25, 0.3) is 10.9 Å². The molecule has 0 aliphatic rings. The van der Waals surface area contributed by atoms with E-state index in [-0.39, 0.29) is 5.91 Å². The number of H-pyrrole nitrogens is 1. The van der Waals surface area contributed by atoms with Crippen molar-refractivity contribution >= 4 is 22.5 Å². The number of benzene rings is 1. The molecule has 2 aromatic rings. The molecule has 0 aliphatic heterocycles. The minimum absolute atomic E-state index is 0.142. The fourth-order valence-corrected chi connectivity index (χ4v) is 1.67. The average Bonchev–Trinajstić information content (AvgIpc) is 2.72. The van der Waals surface area contributed by atoms with Crippen LogP contribution in [0.5, 0.6) is 0 Å². The van der Waals surface area contributed by atoms with Gasteiger partial charge in [0.15, 0.2) is 0 Å². The first-order chi connectivity index (χ1) is 8.22. The van der Waals surface area contributed by atoms with E-state index < -0.39 is 0 Å². The molecule has 0 unspecified atom stereocenters. The maximum atomic E-state index is 11.9. The molecule has 86 valence electrons. The number of hydrogen-bond acceptors (Lipinski definition) is 2. The van der Waals surface area contributed by atoms with Crippen molar-refractivity contribution in [2.75, 3.05) is 12.3 Å². The highest BCUT2D eigenvalue weighted by molar-refractivity contribution is 6.07. The molecule has 17 heavy (non-hydrogen) atoms. The summed E-state index contributed by atoms with van der Waals surface area (Å²) in [4.78, 5) is 14.9. The molecule has 4 nitrogen and oxygen atoms in total. The number of hydrogen-bond donors (Lipinski definition) is 3. The highest BCUT2D eigenvalue weighted by atomic mass is 16.1. The molecule has 0 saturated carbocycles. The number of nitrogens with one attached hydrogen (secondary N) is 2. The lowest BCUT2D eigenvalue weighted by molar-refractivity contribution is 0.0956. The first-order valence-electron chi connectivity index (χ1n) is 5.30. The van der Waals surface area contributed by atoms with Crippen molar-refractivity contribution in [3.63, 3.8) is 0 Å². The van der Waals surface area contributed by atoms with E-state index in [9.17, 15) is 4.79 Å². The van der Waals surface area contributed by atoms with Crippen molar-refractivity contribution < 1.29 is 4.79 Å². The van der Waals surface area contributed by atoms with Gasteiger partial charge in [0.2, 0.25) is 0 Å². The third kappa shape index (κ3) is 2.23. The molecule has 0 radical (unpaired) electrons. The van der Waals surface area contributed by atoms with Crippen molar-refractivity contribution in [2.45, 2.75) is 6.42 Å². The van der Waals surface area contributed by atoms with Gasteiger partial charge in [0.25, 0.3) is 5.91 Å². The fraction of sp³-hybridized carbons (Fsp3) is 0.154. The summed E-state index contributed by atoms with van der Waals surface area (Å²) in [6, 6.07) is 5.42. The second kappa shape index (κ2) is 4.62. The topological polar surface area (TPSA) is 70.9 Å². The van der Waals surface area contributed by atoms with Gasteiger partial charge in [0.05, 0.1) is 5.56 Å². The van der Waals surface area contributed by atoms with E-state index in [0.29, 0.717) is 24.2 Å². The minimum Gasteiger partial charge on any atom is -0.399 e. The summed E-state index contributed by atoms with van der Waals surface area (Å²) in [5, 5.41) is 3.58. The number of carbonyl (C=O) groups is 1. The van der Waals surface area contributed by atoms with Gasteiger partial charge in [-0.05, 0) is 18.2 Å². The molecule has 1 aromatic carbocycles. The first kappa shape index (κ1) is 11.1. The van der Waals surface area contributed by atoms with Crippen LogP contribution in [-0.4, -0.2) is 17.4 Å². The van der Waals surface area contributed by atoms with E-state index in [2.05, 4.69) is 16.2 Å². The number of rotatable bonds is 3. The Labute approximate surface area is 99.2 Å². The fourth-order valence-electron chi connectivity index (χ4n) is 1.67. The van der Waals surface area contributed by atoms with Gasteiger partial charge >= 0.3 is 0 Å². The van der Waals surface area contributed by atoms with Crippen LogP contribution in [0.15, 0.2) is 24.4 Å². The predicted octanol–water partition coefficient (Wildman–Crippen LogP) is 1.50. The smallest absolute Gasteiger partial charge is 0.253 e. The minimum atomic E-state index is -0.142. The van der Waals surface area contributed by atoms with Crippen molar-refractivity contribution in [3.8, 4) is 12.3 Å². The van der Waals surface area contributed by atoms with Crippen molar-refractivity contribution in [2.24, 2.45) is 0 Å². The second-order valence-corrected chi connectivity index (χ2v) is 3.72. The van der Waals surface area contributed by atoms with E-state index in [1.54, 1.807) is 18.3 Å². The Morgan fingerprint density at radius 1 is 1.53 bits per heavy atom. The van der Waals surface area contributed by atoms with Gasteiger partial charge in [0, 0.05) is 35.8 Å². The summed E-state index contributed by atoms with van der Waals surface area (Å²) in [5.74, 6) is 2.33. The zero-order chi connectivity index (χ0) is 12.3. The van der Waals surface area contributed by atoms with Crippen LogP contribution in [0.2, 0.25) is 0 Å². The van der Waals surface area contributed by atoms with E-state index in [0.717, 1.165) is 10.9 Å². The average molecular weight is 227 g/mol. The molecule has 1 amide bonds. The standard InChI is InChI=1S/C13H13N3O/c1-2-3-6-15-13(17)11-8-16-12-5-4-9(14)7-10(11)12/h1,4-5,7-8,16H,3,6,14H2,(H,15,17). The number of aromatic amines is 1. The molecular formula is C13H13N3O. The Morgan fingerprint density at radius 3 is 3.12 bits per heavy atom. The Balaban J connectivity index is 2.26. The zero-order valence-corrected chi connectivity index (χ0v) is 9.29. The Morgan fingerprint density at radius 2 is 2.35 bits per heavy atom. The van der Waals surface area contributed by atoms with Gasteiger partial charge in [-0.2, -0.15) is 0 Å². The Kier molecular flexibility index (Phi) is 3.01. The molecule has 4 N–H and O–H groups in total. The number of anilines is 1. The monoisotopic (exact) mass is 227 g/mol. The van der Waals surface area contributed by atoms with E-state index in [4.69, 9.17) is 12.2 Å². The van der Waals surface area contributed by atoms with E-state index in [1.807, 2.05) is 6.07 Å². The lowest BCUT2D eigenvalue weighted by Gasteiger charge is -2.01. The molecule has 0 aliphatic carbocycles. The number of nitrogen functional groups attached to an aromatic ring is 1. The van der Waals surface area contributed by atoms with Crippen LogP contribution < -0.4 is 11.1 Å². The molecule has 1 aromatic heterocycles. The Hall–Kier alpha value is -2.41. The Bertz CT molecular complexity index is 592. The number of fused-ring (bicyclic) bond motifs is 1. The summed E-state index contributed by atoms with van der Waals surface area (Å²) in [5.41, 5.74) is 7.81. The van der Waals surface area contributed by atoms with Gasteiger partial charge in [-0.25, -0.2) is 0 Å².